The van der Waals surface area contributed by atoms with Gasteiger partial charge in [-0.3, -0.25) is 0 Å². The number of hydrogen-bond donors (Lipinski definition) is 0. The molecule has 0 spiro atoms. The van der Waals surface area contributed by atoms with Crippen molar-refractivity contribution in [3.63, 3.8) is 0 Å². The normalized spacial score (nSPS) is 17.0. The van der Waals surface area contributed by atoms with Gasteiger partial charge < -0.3 is 0 Å². The molecular formula is C22H24. The Bertz CT molecular complexity index is 595. The molecule has 1 aliphatic carbocycles. The second-order valence-electron chi connectivity index (χ2n) is 6.08. The molecule has 0 N–H and O–H groups in total. The van der Waals surface area contributed by atoms with Crippen molar-refractivity contribution in [1.82, 2.24) is 0 Å². The van der Waals surface area contributed by atoms with Crippen LogP contribution >= 0.6 is 0 Å². The van der Waals surface area contributed by atoms with Crippen LogP contribution in [0, 0.1) is 5.92 Å². The molecule has 0 heteroatoms. The van der Waals surface area contributed by atoms with Crippen LogP contribution in [0.3, 0.4) is 0 Å². The van der Waals surface area contributed by atoms with Gasteiger partial charge in [0.1, 0.15) is 0 Å². The lowest BCUT2D eigenvalue weighted by molar-refractivity contribution is 0.688. The van der Waals surface area contributed by atoms with E-state index in [-0.39, 0.29) is 0 Å². The van der Waals surface area contributed by atoms with Crippen molar-refractivity contribution in [2.24, 2.45) is 5.92 Å². The maximum atomic E-state index is 2.47. The average molecular weight is 288 g/mol. The Balaban J connectivity index is 1.91. The van der Waals surface area contributed by atoms with Gasteiger partial charge in [0.2, 0.25) is 0 Å². The molecule has 2 aromatic rings. The third kappa shape index (κ3) is 3.39. The molecule has 2 aromatic carbocycles. The van der Waals surface area contributed by atoms with Crippen LogP contribution in [0.15, 0.2) is 84.5 Å². The minimum atomic E-state index is 0.415. The lowest BCUT2D eigenvalue weighted by Gasteiger charge is -2.22. The molecule has 0 aromatic heterocycles. The lowest BCUT2D eigenvalue weighted by Crippen LogP contribution is -2.09. The molecule has 0 heterocycles. The standard InChI is InChI=1S/C22H24/c1-2-3-10-18-15-16-21(17-18)22(19-11-6-4-7-12-19)20-13-8-5-9-14-20/h4-9,11-17,21-22H,2-3,10H2,1H3. The molecule has 112 valence electrons. The number of benzene rings is 2. The Morgan fingerprint density at radius 1 is 0.864 bits per heavy atom. The summed E-state index contributed by atoms with van der Waals surface area (Å²) in [6, 6.07) is 21.8. The zero-order valence-electron chi connectivity index (χ0n) is 13.3. The maximum absolute atomic E-state index is 2.47. The molecule has 0 bridgehead atoms. The van der Waals surface area contributed by atoms with E-state index in [1.165, 1.54) is 36.0 Å². The Morgan fingerprint density at radius 3 is 2.00 bits per heavy atom. The van der Waals surface area contributed by atoms with Crippen molar-refractivity contribution < 1.29 is 0 Å². The molecule has 0 saturated carbocycles. The molecule has 1 unspecified atom stereocenters. The van der Waals surface area contributed by atoms with Gasteiger partial charge in [-0.1, -0.05) is 97.8 Å². The Kier molecular flexibility index (Phi) is 4.90. The molecule has 0 aliphatic heterocycles. The lowest BCUT2D eigenvalue weighted by atomic mass is 9.81. The summed E-state index contributed by atoms with van der Waals surface area (Å²) in [6.07, 6.45) is 10.9. The Morgan fingerprint density at radius 2 is 1.45 bits per heavy atom. The van der Waals surface area contributed by atoms with Gasteiger partial charge in [0.05, 0.1) is 0 Å². The van der Waals surface area contributed by atoms with E-state index in [9.17, 15) is 0 Å². The topological polar surface area (TPSA) is 0 Å². The van der Waals surface area contributed by atoms with Gasteiger partial charge >= 0.3 is 0 Å². The van der Waals surface area contributed by atoms with Crippen molar-refractivity contribution in [1.29, 1.82) is 0 Å². The monoisotopic (exact) mass is 288 g/mol. The highest BCUT2D eigenvalue weighted by atomic mass is 14.3. The zero-order chi connectivity index (χ0) is 15.2. The van der Waals surface area contributed by atoms with E-state index < -0.39 is 0 Å². The van der Waals surface area contributed by atoms with E-state index in [1.54, 1.807) is 0 Å². The van der Waals surface area contributed by atoms with Crippen LogP contribution in [0.4, 0.5) is 0 Å². The average Bonchev–Trinajstić information content (AvgIpc) is 3.04. The van der Waals surface area contributed by atoms with Crippen LogP contribution in [-0.2, 0) is 0 Å². The fourth-order valence-corrected chi connectivity index (χ4v) is 3.31. The highest BCUT2D eigenvalue weighted by molar-refractivity contribution is 5.40. The molecule has 0 amide bonds. The molecule has 1 aliphatic rings. The highest BCUT2D eigenvalue weighted by Gasteiger charge is 2.23. The van der Waals surface area contributed by atoms with Gasteiger partial charge in [-0.15, -0.1) is 0 Å². The second-order valence-corrected chi connectivity index (χ2v) is 6.08. The van der Waals surface area contributed by atoms with E-state index >= 15 is 0 Å². The molecular weight excluding hydrogens is 264 g/mol. The van der Waals surface area contributed by atoms with Crippen LogP contribution in [-0.4, -0.2) is 0 Å². The summed E-state index contributed by atoms with van der Waals surface area (Å²) in [5, 5.41) is 0. The van der Waals surface area contributed by atoms with E-state index in [0.717, 1.165) is 0 Å². The number of allylic oxidation sites excluding steroid dienone is 4. The third-order valence-electron chi connectivity index (χ3n) is 4.46. The predicted molar refractivity (Wildman–Crippen MR) is 95.0 cm³/mol. The molecule has 0 nitrogen and oxygen atoms in total. The number of hydrogen-bond acceptors (Lipinski definition) is 0. The van der Waals surface area contributed by atoms with Crippen molar-refractivity contribution in [3.05, 3.63) is 95.6 Å². The smallest absolute Gasteiger partial charge is 0.0187 e. The van der Waals surface area contributed by atoms with Gasteiger partial charge in [0.15, 0.2) is 0 Å². The van der Waals surface area contributed by atoms with Crippen LogP contribution in [0.5, 0.6) is 0 Å². The predicted octanol–water partition coefficient (Wildman–Crippen LogP) is 6.12. The van der Waals surface area contributed by atoms with Crippen molar-refractivity contribution >= 4 is 0 Å². The number of rotatable bonds is 6. The van der Waals surface area contributed by atoms with Crippen molar-refractivity contribution in [2.75, 3.05) is 0 Å². The molecule has 22 heavy (non-hydrogen) atoms. The van der Waals surface area contributed by atoms with Gasteiger partial charge in [0.25, 0.3) is 0 Å². The van der Waals surface area contributed by atoms with E-state index in [0.29, 0.717) is 11.8 Å². The Hall–Kier alpha value is -2.08. The summed E-state index contributed by atoms with van der Waals surface area (Å²) >= 11 is 0. The van der Waals surface area contributed by atoms with Crippen LogP contribution < -0.4 is 0 Å². The van der Waals surface area contributed by atoms with Crippen molar-refractivity contribution in [2.45, 2.75) is 32.1 Å². The van der Waals surface area contributed by atoms with Crippen LogP contribution in [0.2, 0.25) is 0 Å². The molecule has 0 radical (unpaired) electrons. The fourth-order valence-electron chi connectivity index (χ4n) is 3.31. The van der Waals surface area contributed by atoms with Gasteiger partial charge in [-0.05, 0) is 24.0 Å². The highest BCUT2D eigenvalue weighted by Crippen LogP contribution is 2.37. The number of unbranched alkanes of at least 4 members (excludes halogenated alkanes) is 1. The molecule has 0 saturated heterocycles. The van der Waals surface area contributed by atoms with E-state index in [2.05, 4.69) is 85.8 Å². The SMILES string of the molecule is CCCCC1=CC(C(c2ccccc2)c2ccccc2)C=C1. The summed E-state index contributed by atoms with van der Waals surface area (Å²) in [7, 11) is 0. The first-order valence-electron chi connectivity index (χ1n) is 8.37. The van der Waals surface area contributed by atoms with Crippen LogP contribution in [0.25, 0.3) is 0 Å². The minimum Gasteiger partial charge on any atom is -0.0764 e. The molecule has 1 atom stereocenters. The maximum Gasteiger partial charge on any atom is 0.0187 e. The first-order valence-corrected chi connectivity index (χ1v) is 8.37. The summed E-state index contributed by atoms with van der Waals surface area (Å²) in [6.45, 7) is 2.26. The zero-order valence-corrected chi connectivity index (χ0v) is 13.3. The van der Waals surface area contributed by atoms with E-state index in [4.69, 9.17) is 0 Å². The van der Waals surface area contributed by atoms with Crippen molar-refractivity contribution in [3.8, 4) is 0 Å². The second kappa shape index (κ2) is 7.26. The molecule has 3 rings (SSSR count). The van der Waals surface area contributed by atoms with E-state index in [1.807, 2.05) is 0 Å². The summed E-state index contributed by atoms with van der Waals surface area (Å²) in [4.78, 5) is 0. The summed E-state index contributed by atoms with van der Waals surface area (Å²) in [5.74, 6) is 0.884. The summed E-state index contributed by atoms with van der Waals surface area (Å²) < 4.78 is 0. The third-order valence-corrected chi connectivity index (χ3v) is 4.46. The van der Waals surface area contributed by atoms with Gasteiger partial charge in [0, 0.05) is 11.8 Å². The van der Waals surface area contributed by atoms with Gasteiger partial charge in [-0.25, -0.2) is 0 Å². The fraction of sp³-hybridized carbons (Fsp3) is 0.273. The van der Waals surface area contributed by atoms with Crippen LogP contribution in [0.1, 0.15) is 43.2 Å². The Labute approximate surface area is 134 Å². The largest absolute Gasteiger partial charge is 0.0764 e. The quantitative estimate of drug-likeness (QED) is 0.600. The minimum absolute atomic E-state index is 0.415. The molecule has 0 fully saturated rings. The van der Waals surface area contributed by atoms with Gasteiger partial charge in [-0.2, -0.15) is 0 Å². The first kappa shape index (κ1) is 14.8. The summed E-state index contributed by atoms with van der Waals surface area (Å²) in [5.41, 5.74) is 4.30. The first-order chi connectivity index (χ1) is 10.9.